The number of rotatable bonds is 4. The Labute approximate surface area is 120 Å². The quantitative estimate of drug-likeness (QED) is 0.823. The SMILES string of the molecule is Cc1ccccc1C(=O)N(Cc1ccccc1)C1CC1. The molecule has 0 N–H and O–H groups in total. The molecule has 102 valence electrons. The highest BCUT2D eigenvalue weighted by Crippen LogP contribution is 2.30. The summed E-state index contributed by atoms with van der Waals surface area (Å²) in [6, 6.07) is 18.5. The van der Waals surface area contributed by atoms with E-state index in [4.69, 9.17) is 0 Å². The number of carbonyl (C=O) groups is 1. The van der Waals surface area contributed by atoms with Gasteiger partial charge in [-0.2, -0.15) is 0 Å². The van der Waals surface area contributed by atoms with E-state index < -0.39 is 0 Å². The van der Waals surface area contributed by atoms with E-state index in [-0.39, 0.29) is 5.91 Å². The molecule has 2 aromatic carbocycles. The normalized spacial score (nSPS) is 14.1. The van der Waals surface area contributed by atoms with E-state index in [1.807, 2.05) is 54.3 Å². The minimum atomic E-state index is 0.162. The molecule has 0 aliphatic heterocycles. The van der Waals surface area contributed by atoms with Crippen molar-refractivity contribution >= 4 is 5.91 Å². The van der Waals surface area contributed by atoms with Gasteiger partial charge in [0.25, 0.3) is 5.91 Å². The van der Waals surface area contributed by atoms with Crippen LogP contribution in [0.1, 0.15) is 34.3 Å². The zero-order valence-corrected chi connectivity index (χ0v) is 11.8. The Morgan fingerprint density at radius 3 is 2.35 bits per heavy atom. The van der Waals surface area contributed by atoms with Crippen molar-refractivity contribution in [1.82, 2.24) is 4.90 Å². The zero-order chi connectivity index (χ0) is 13.9. The Bertz CT molecular complexity index is 602. The average molecular weight is 265 g/mol. The first-order valence-corrected chi connectivity index (χ1v) is 7.16. The second kappa shape index (κ2) is 5.49. The summed E-state index contributed by atoms with van der Waals surface area (Å²) in [6.45, 7) is 2.71. The molecule has 1 aliphatic rings. The summed E-state index contributed by atoms with van der Waals surface area (Å²) in [5.41, 5.74) is 3.08. The molecule has 0 spiro atoms. The van der Waals surface area contributed by atoms with Gasteiger partial charge in [0.1, 0.15) is 0 Å². The second-order valence-corrected chi connectivity index (χ2v) is 5.46. The second-order valence-electron chi connectivity index (χ2n) is 5.46. The summed E-state index contributed by atoms with van der Waals surface area (Å²) in [5, 5.41) is 0. The first-order chi connectivity index (χ1) is 9.75. The van der Waals surface area contributed by atoms with Crippen molar-refractivity contribution < 1.29 is 4.79 Å². The molecular weight excluding hydrogens is 246 g/mol. The maximum atomic E-state index is 12.8. The summed E-state index contributed by atoms with van der Waals surface area (Å²) in [5.74, 6) is 0.162. The number of hydrogen-bond donors (Lipinski definition) is 0. The van der Waals surface area contributed by atoms with E-state index in [2.05, 4.69) is 12.1 Å². The van der Waals surface area contributed by atoms with Crippen LogP contribution in [-0.4, -0.2) is 16.8 Å². The monoisotopic (exact) mass is 265 g/mol. The van der Waals surface area contributed by atoms with E-state index >= 15 is 0 Å². The molecule has 0 radical (unpaired) electrons. The number of aryl methyl sites for hydroxylation is 1. The van der Waals surface area contributed by atoms with Gasteiger partial charge in [-0.05, 0) is 37.0 Å². The van der Waals surface area contributed by atoms with Crippen LogP contribution in [0.4, 0.5) is 0 Å². The van der Waals surface area contributed by atoms with Crippen LogP contribution in [0, 0.1) is 6.92 Å². The summed E-state index contributed by atoms with van der Waals surface area (Å²) in [7, 11) is 0. The third kappa shape index (κ3) is 2.74. The number of nitrogens with zero attached hydrogens (tertiary/aromatic N) is 1. The fourth-order valence-electron chi connectivity index (χ4n) is 2.50. The number of hydrogen-bond acceptors (Lipinski definition) is 1. The van der Waals surface area contributed by atoms with Crippen LogP contribution in [0.5, 0.6) is 0 Å². The van der Waals surface area contributed by atoms with Gasteiger partial charge in [0, 0.05) is 18.2 Å². The van der Waals surface area contributed by atoms with E-state index in [1.165, 1.54) is 5.56 Å². The van der Waals surface area contributed by atoms with Crippen molar-refractivity contribution in [1.29, 1.82) is 0 Å². The number of amides is 1. The summed E-state index contributed by atoms with van der Waals surface area (Å²) < 4.78 is 0. The highest BCUT2D eigenvalue weighted by Gasteiger charge is 2.33. The molecule has 3 rings (SSSR count). The van der Waals surface area contributed by atoms with Crippen LogP contribution < -0.4 is 0 Å². The lowest BCUT2D eigenvalue weighted by Crippen LogP contribution is -2.33. The molecule has 0 aromatic heterocycles. The molecule has 0 bridgehead atoms. The zero-order valence-electron chi connectivity index (χ0n) is 11.8. The van der Waals surface area contributed by atoms with Crippen molar-refractivity contribution in [3.63, 3.8) is 0 Å². The molecule has 1 amide bonds. The van der Waals surface area contributed by atoms with Crippen LogP contribution in [0.3, 0.4) is 0 Å². The van der Waals surface area contributed by atoms with Crippen molar-refractivity contribution in [2.24, 2.45) is 0 Å². The van der Waals surface area contributed by atoms with Crippen molar-refractivity contribution in [2.75, 3.05) is 0 Å². The molecule has 0 atom stereocenters. The Morgan fingerprint density at radius 2 is 1.70 bits per heavy atom. The van der Waals surface area contributed by atoms with Gasteiger partial charge in [0.2, 0.25) is 0 Å². The van der Waals surface area contributed by atoms with Gasteiger partial charge in [-0.3, -0.25) is 4.79 Å². The van der Waals surface area contributed by atoms with Crippen LogP contribution >= 0.6 is 0 Å². The Hall–Kier alpha value is -2.09. The van der Waals surface area contributed by atoms with Gasteiger partial charge in [0.05, 0.1) is 0 Å². The maximum absolute atomic E-state index is 12.8. The van der Waals surface area contributed by atoms with Gasteiger partial charge in [-0.15, -0.1) is 0 Å². The minimum absolute atomic E-state index is 0.162. The highest BCUT2D eigenvalue weighted by atomic mass is 16.2. The van der Waals surface area contributed by atoms with E-state index in [9.17, 15) is 4.79 Å². The summed E-state index contributed by atoms with van der Waals surface area (Å²) >= 11 is 0. The molecule has 2 nitrogen and oxygen atoms in total. The van der Waals surface area contributed by atoms with Crippen LogP contribution in [-0.2, 0) is 6.54 Å². The topological polar surface area (TPSA) is 20.3 Å². The van der Waals surface area contributed by atoms with Gasteiger partial charge in [0.15, 0.2) is 0 Å². The molecule has 1 fully saturated rings. The fourth-order valence-corrected chi connectivity index (χ4v) is 2.50. The molecule has 2 heteroatoms. The smallest absolute Gasteiger partial charge is 0.254 e. The molecule has 1 aliphatic carbocycles. The molecule has 0 heterocycles. The molecule has 1 saturated carbocycles. The number of carbonyl (C=O) groups excluding carboxylic acids is 1. The lowest BCUT2D eigenvalue weighted by Gasteiger charge is -2.23. The summed E-state index contributed by atoms with van der Waals surface area (Å²) in [6.07, 6.45) is 2.26. The van der Waals surface area contributed by atoms with E-state index in [1.54, 1.807) is 0 Å². The third-order valence-electron chi connectivity index (χ3n) is 3.82. The average Bonchev–Trinajstić information content (AvgIpc) is 3.30. The summed E-state index contributed by atoms with van der Waals surface area (Å²) in [4.78, 5) is 14.8. The van der Waals surface area contributed by atoms with Gasteiger partial charge < -0.3 is 4.90 Å². The van der Waals surface area contributed by atoms with Crippen molar-refractivity contribution in [2.45, 2.75) is 32.4 Å². The standard InChI is InChI=1S/C18H19NO/c1-14-7-5-6-10-17(14)18(20)19(16-11-12-16)13-15-8-3-2-4-9-15/h2-10,16H,11-13H2,1H3. The molecule has 2 aromatic rings. The van der Waals surface area contributed by atoms with Crippen LogP contribution in [0.2, 0.25) is 0 Å². The van der Waals surface area contributed by atoms with E-state index in [0.29, 0.717) is 12.6 Å². The van der Waals surface area contributed by atoms with Gasteiger partial charge in [-0.1, -0.05) is 48.5 Å². The lowest BCUT2D eigenvalue weighted by atomic mass is 10.1. The maximum Gasteiger partial charge on any atom is 0.254 e. The first kappa shape index (κ1) is 12.9. The fraction of sp³-hybridized carbons (Fsp3) is 0.278. The molecule has 0 saturated heterocycles. The Balaban J connectivity index is 1.84. The Kier molecular flexibility index (Phi) is 3.55. The Morgan fingerprint density at radius 1 is 1.05 bits per heavy atom. The first-order valence-electron chi connectivity index (χ1n) is 7.16. The van der Waals surface area contributed by atoms with Crippen molar-refractivity contribution in [3.05, 3.63) is 71.3 Å². The largest absolute Gasteiger partial charge is 0.331 e. The molecule has 20 heavy (non-hydrogen) atoms. The van der Waals surface area contributed by atoms with Crippen LogP contribution in [0.25, 0.3) is 0 Å². The highest BCUT2D eigenvalue weighted by molar-refractivity contribution is 5.96. The predicted molar refractivity (Wildman–Crippen MR) is 80.5 cm³/mol. The molecule has 0 unspecified atom stereocenters. The number of benzene rings is 2. The predicted octanol–water partition coefficient (Wildman–Crippen LogP) is 3.80. The van der Waals surface area contributed by atoms with Gasteiger partial charge >= 0.3 is 0 Å². The molecular formula is C18H19NO. The third-order valence-corrected chi connectivity index (χ3v) is 3.82. The van der Waals surface area contributed by atoms with Crippen LogP contribution in [0.15, 0.2) is 54.6 Å². The van der Waals surface area contributed by atoms with E-state index in [0.717, 1.165) is 24.0 Å². The van der Waals surface area contributed by atoms with Crippen molar-refractivity contribution in [3.8, 4) is 0 Å². The van der Waals surface area contributed by atoms with Gasteiger partial charge in [-0.25, -0.2) is 0 Å². The minimum Gasteiger partial charge on any atom is -0.331 e. The lowest BCUT2D eigenvalue weighted by molar-refractivity contribution is 0.0729.